The minimum absolute atomic E-state index is 0.244. The molecule has 0 unspecified atom stereocenters. The molecular formula is C19H21NO3. The Morgan fingerprint density at radius 3 is 2.13 bits per heavy atom. The maximum absolute atomic E-state index is 12.7. The van der Waals surface area contributed by atoms with Gasteiger partial charge >= 0.3 is 0 Å². The minimum Gasteiger partial charge on any atom is -0.383 e. The lowest BCUT2D eigenvalue weighted by molar-refractivity contribution is -0.0172. The normalized spacial score (nSPS) is 18.3. The van der Waals surface area contributed by atoms with E-state index in [4.69, 9.17) is 4.74 Å². The van der Waals surface area contributed by atoms with Crippen molar-refractivity contribution in [2.45, 2.75) is 12.1 Å². The number of benzene rings is 2. The number of aliphatic hydroxyl groups is 1. The van der Waals surface area contributed by atoms with Gasteiger partial charge in [0.05, 0.1) is 19.3 Å². The fourth-order valence-electron chi connectivity index (χ4n) is 3.02. The number of ether oxygens (including phenoxy) is 1. The van der Waals surface area contributed by atoms with Crippen LogP contribution in [0.3, 0.4) is 0 Å². The Labute approximate surface area is 136 Å². The van der Waals surface area contributed by atoms with E-state index in [1.165, 1.54) is 0 Å². The number of nitrogens with zero attached hydrogens (tertiary/aromatic N) is 1. The summed E-state index contributed by atoms with van der Waals surface area (Å²) in [4.78, 5) is 14.8. The number of hydrogen-bond acceptors (Lipinski definition) is 4. The van der Waals surface area contributed by atoms with Crippen LogP contribution in [0.1, 0.15) is 22.0 Å². The van der Waals surface area contributed by atoms with Crippen LogP contribution >= 0.6 is 0 Å². The first-order valence-corrected chi connectivity index (χ1v) is 7.91. The molecule has 2 atom stereocenters. The highest BCUT2D eigenvalue weighted by molar-refractivity contribution is 5.99. The first-order chi connectivity index (χ1) is 11.3. The molecule has 0 spiro atoms. The first kappa shape index (κ1) is 15.9. The Balaban J connectivity index is 1.89. The molecule has 1 fully saturated rings. The zero-order valence-electron chi connectivity index (χ0n) is 13.0. The van der Waals surface area contributed by atoms with E-state index in [1.807, 2.05) is 48.5 Å². The van der Waals surface area contributed by atoms with Gasteiger partial charge in [-0.25, -0.2) is 0 Å². The maximum atomic E-state index is 12.7. The van der Waals surface area contributed by atoms with Gasteiger partial charge in [0.2, 0.25) is 0 Å². The van der Waals surface area contributed by atoms with Crippen LogP contribution in [0.4, 0.5) is 0 Å². The van der Waals surface area contributed by atoms with E-state index in [1.54, 1.807) is 12.1 Å². The third kappa shape index (κ3) is 3.67. The predicted molar refractivity (Wildman–Crippen MR) is 88.4 cm³/mol. The summed E-state index contributed by atoms with van der Waals surface area (Å²) in [5, 5.41) is 10.8. The molecule has 1 saturated heterocycles. The van der Waals surface area contributed by atoms with Gasteiger partial charge in [0.25, 0.3) is 0 Å². The van der Waals surface area contributed by atoms with Gasteiger partial charge in [-0.05, 0) is 5.56 Å². The van der Waals surface area contributed by atoms with Crippen LogP contribution in [0.5, 0.6) is 0 Å². The second kappa shape index (κ2) is 7.51. The van der Waals surface area contributed by atoms with Crippen LogP contribution in [0.2, 0.25) is 0 Å². The topological polar surface area (TPSA) is 49.8 Å². The van der Waals surface area contributed by atoms with Gasteiger partial charge in [-0.3, -0.25) is 9.69 Å². The molecule has 1 N–H and O–H groups in total. The van der Waals surface area contributed by atoms with Gasteiger partial charge in [-0.1, -0.05) is 60.7 Å². The Kier molecular flexibility index (Phi) is 5.18. The van der Waals surface area contributed by atoms with E-state index in [9.17, 15) is 9.90 Å². The summed E-state index contributed by atoms with van der Waals surface area (Å²) in [6.07, 6.45) is -1.10. The standard InChI is InChI=1S/C19H21NO3/c21-18(16-9-5-2-6-10-16)19(22)17(15-7-3-1-4-8-15)20-11-13-23-14-12-20/h1-10,17,19,22H,11-14H2/t17-,19-/m0/s1. The third-order valence-corrected chi connectivity index (χ3v) is 4.21. The van der Waals surface area contributed by atoms with Crippen LogP contribution < -0.4 is 0 Å². The average Bonchev–Trinajstić information content (AvgIpc) is 2.64. The van der Waals surface area contributed by atoms with Gasteiger partial charge < -0.3 is 9.84 Å². The van der Waals surface area contributed by atoms with Crippen molar-refractivity contribution in [3.63, 3.8) is 0 Å². The highest BCUT2D eigenvalue weighted by Crippen LogP contribution is 2.27. The smallest absolute Gasteiger partial charge is 0.193 e. The summed E-state index contributed by atoms with van der Waals surface area (Å²) in [5.74, 6) is -0.244. The third-order valence-electron chi connectivity index (χ3n) is 4.21. The van der Waals surface area contributed by atoms with E-state index in [2.05, 4.69) is 4.90 Å². The molecule has 1 heterocycles. The molecule has 0 aliphatic carbocycles. The summed E-state index contributed by atoms with van der Waals surface area (Å²) in [5.41, 5.74) is 1.49. The molecule has 2 aromatic rings. The molecule has 2 aromatic carbocycles. The maximum Gasteiger partial charge on any atom is 0.193 e. The summed E-state index contributed by atoms with van der Waals surface area (Å²) in [6.45, 7) is 2.66. The molecule has 120 valence electrons. The molecule has 3 rings (SSSR count). The Morgan fingerprint density at radius 1 is 0.957 bits per heavy atom. The van der Waals surface area contributed by atoms with Crippen LogP contribution in [0.25, 0.3) is 0 Å². The largest absolute Gasteiger partial charge is 0.383 e. The van der Waals surface area contributed by atoms with Crippen molar-refractivity contribution in [1.82, 2.24) is 4.90 Å². The molecule has 0 saturated carbocycles. The van der Waals surface area contributed by atoms with Crippen molar-refractivity contribution in [1.29, 1.82) is 0 Å². The van der Waals surface area contributed by atoms with Gasteiger partial charge in [0.15, 0.2) is 5.78 Å². The molecule has 1 aliphatic rings. The van der Waals surface area contributed by atoms with E-state index < -0.39 is 6.10 Å². The Morgan fingerprint density at radius 2 is 1.52 bits per heavy atom. The molecular weight excluding hydrogens is 290 g/mol. The van der Waals surface area contributed by atoms with E-state index in [-0.39, 0.29) is 11.8 Å². The summed E-state index contributed by atoms with van der Waals surface area (Å²) in [6, 6.07) is 18.3. The van der Waals surface area contributed by atoms with Crippen LogP contribution in [0, 0.1) is 0 Å². The van der Waals surface area contributed by atoms with Gasteiger partial charge in [-0.2, -0.15) is 0 Å². The molecule has 4 heteroatoms. The second-order valence-corrected chi connectivity index (χ2v) is 5.68. The fraction of sp³-hybridized carbons (Fsp3) is 0.316. The van der Waals surface area contributed by atoms with E-state index in [0.717, 1.165) is 5.56 Å². The number of rotatable bonds is 5. The van der Waals surface area contributed by atoms with Crippen LogP contribution in [-0.2, 0) is 4.74 Å². The quantitative estimate of drug-likeness (QED) is 0.861. The lowest BCUT2D eigenvalue weighted by Crippen LogP contribution is -2.46. The average molecular weight is 311 g/mol. The highest BCUT2D eigenvalue weighted by atomic mass is 16.5. The van der Waals surface area contributed by atoms with Crippen LogP contribution in [-0.4, -0.2) is 48.2 Å². The number of morpholine rings is 1. The van der Waals surface area contributed by atoms with Crippen molar-refractivity contribution in [2.75, 3.05) is 26.3 Å². The highest BCUT2D eigenvalue weighted by Gasteiger charge is 2.33. The summed E-state index contributed by atoms with van der Waals surface area (Å²) >= 11 is 0. The number of aliphatic hydroxyl groups excluding tert-OH is 1. The van der Waals surface area contributed by atoms with Crippen molar-refractivity contribution in [3.8, 4) is 0 Å². The Bertz CT molecular complexity index is 624. The molecule has 0 bridgehead atoms. The number of ketones is 1. The molecule has 0 amide bonds. The summed E-state index contributed by atoms with van der Waals surface area (Å²) in [7, 11) is 0. The Hall–Kier alpha value is -2.01. The number of Topliss-reactive ketones (excluding diaryl/α,β-unsaturated/α-hetero) is 1. The lowest BCUT2D eigenvalue weighted by atomic mass is 9.93. The monoisotopic (exact) mass is 311 g/mol. The second-order valence-electron chi connectivity index (χ2n) is 5.68. The molecule has 1 aliphatic heterocycles. The van der Waals surface area contributed by atoms with Gasteiger partial charge in [-0.15, -0.1) is 0 Å². The lowest BCUT2D eigenvalue weighted by Gasteiger charge is -2.37. The summed E-state index contributed by atoms with van der Waals surface area (Å²) < 4.78 is 5.40. The van der Waals surface area contributed by atoms with E-state index in [0.29, 0.717) is 31.9 Å². The van der Waals surface area contributed by atoms with Crippen molar-refractivity contribution in [3.05, 3.63) is 71.8 Å². The van der Waals surface area contributed by atoms with Crippen LogP contribution in [0.15, 0.2) is 60.7 Å². The van der Waals surface area contributed by atoms with Gasteiger partial charge in [0.1, 0.15) is 6.10 Å². The van der Waals surface area contributed by atoms with Gasteiger partial charge in [0, 0.05) is 18.7 Å². The number of carbonyl (C=O) groups excluding carboxylic acids is 1. The number of carbonyl (C=O) groups is 1. The molecule has 23 heavy (non-hydrogen) atoms. The molecule has 0 aromatic heterocycles. The first-order valence-electron chi connectivity index (χ1n) is 7.91. The molecule has 4 nitrogen and oxygen atoms in total. The van der Waals surface area contributed by atoms with E-state index >= 15 is 0 Å². The minimum atomic E-state index is -1.10. The predicted octanol–water partition coefficient (Wildman–Crippen LogP) is 2.30. The van der Waals surface area contributed by atoms with Crippen molar-refractivity contribution < 1.29 is 14.6 Å². The number of hydrogen-bond donors (Lipinski definition) is 1. The SMILES string of the molecule is O=C(c1ccccc1)[C@@H](O)[C@H](c1ccccc1)N1CCOCC1. The zero-order chi connectivity index (χ0) is 16.1. The molecule has 0 radical (unpaired) electrons. The fourth-order valence-corrected chi connectivity index (χ4v) is 3.02. The van der Waals surface area contributed by atoms with Crippen molar-refractivity contribution >= 4 is 5.78 Å². The van der Waals surface area contributed by atoms with Crippen molar-refractivity contribution in [2.24, 2.45) is 0 Å². The zero-order valence-corrected chi connectivity index (χ0v) is 13.0.